The zero-order valence-corrected chi connectivity index (χ0v) is 18.9. The van der Waals surface area contributed by atoms with E-state index in [1.165, 1.54) is 69.8 Å². The van der Waals surface area contributed by atoms with Gasteiger partial charge >= 0.3 is 0 Å². The van der Waals surface area contributed by atoms with Crippen LogP contribution in [-0.4, -0.2) is 0 Å². The lowest BCUT2D eigenvalue weighted by Crippen LogP contribution is -2.55. The van der Waals surface area contributed by atoms with Crippen LogP contribution >= 0.6 is 0 Å². The molecule has 0 N–H and O–H groups in total. The fourth-order valence-electron chi connectivity index (χ4n) is 9.03. The van der Waals surface area contributed by atoms with Gasteiger partial charge in [0.15, 0.2) is 0 Å². The molecule has 0 aromatic rings. The van der Waals surface area contributed by atoms with Gasteiger partial charge in [-0.05, 0) is 117 Å². The monoisotopic (exact) mass is 370 g/mol. The molecule has 0 nitrogen and oxygen atoms in total. The molecule has 0 bridgehead atoms. The van der Waals surface area contributed by atoms with Crippen LogP contribution in [-0.2, 0) is 0 Å². The van der Waals surface area contributed by atoms with E-state index in [1.807, 2.05) is 0 Å². The Hall–Kier alpha value is -0.260. The highest BCUT2D eigenvalue weighted by atomic mass is 14.7. The van der Waals surface area contributed by atoms with Crippen LogP contribution in [0.4, 0.5) is 0 Å². The lowest BCUT2D eigenvalue weighted by atomic mass is 9.43. The van der Waals surface area contributed by atoms with Gasteiger partial charge < -0.3 is 0 Å². The average Bonchev–Trinajstić information content (AvgIpc) is 2.98. The van der Waals surface area contributed by atoms with E-state index in [1.54, 1.807) is 19.3 Å². The Labute approximate surface area is 170 Å². The molecule has 0 aliphatic heterocycles. The first-order valence-electron chi connectivity index (χ1n) is 12.6. The lowest BCUT2D eigenvalue weighted by molar-refractivity contribution is -0.134. The molecule has 27 heavy (non-hydrogen) atoms. The van der Waals surface area contributed by atoms with Gasteiger partial charge in [-0.2, -0.15) is 0 Å². The summed E-state index contributed by atoms with van der Waals surface area (Å²) < 4.78 is 0. The maximum atomic E-state index is 4.25. The zero-order chi connectivity index (χ0) is 19.2. The van der Waals surface area contributed by atoms with Crippen LogP contribution in [0.5, 0.6) is 0 Å². The van der Waals surface area contributed by atoms with Gasteiger partial charge in [-0.1, -0.05) is 52.7 Å². The van der Waals surface area contributed by atoms with Crippen LogP contribution in [0, 0.1) is 46.3 Å². The summed E-state index contributed by atoms with van der Waals surface area (Å²) in [6.07, 6.45) is 19.1. The maximum Gasteiger partial charge on any atom is -0.0266 e. The van der Waals surface area contributed by atoms with Gasteiger partial charge in [-0.3, -0.25) is 0 Å². The Morgan fingerprint density at radius 2 is 1.74 bits per heavy atom. The fraction of sp³-hybridized carbons (Fsp3) is 0.926. The maximum absolute atomic E-state index is 4.25. The Kier molecular flexibility index (Phi) is 5.59. The van der Waals surface area contributed by atoms with E-state index < -0.39 is 0 Å². The number of hydrogen-bond acceptors (Lipinski definition) is 0. The lowest BCUT2D eigenvalue weighted by Gasteiger charge is -2.62. The Bertz CT molecular complexity index is 546. The topological polar surface area (TPSA) is 0 Å². The largest absolute Gasteiger partial charge is 0.0999 e. The van der Waals surface area contributed by atoms with Crippen molar-refractivity contribution >= 4 is 0 Å². The van der Waals surface area contributed by atoms with Crippen LogP contribution in [0.25, 0.3) is 0 Å². The van der Waals surface area contributed by atoms with Gasteiger partial charge in [0.05, 0.1) is 0 Å². The Morgan fingerprint density at radius 3 is 2.52 bits per heavy atom. The summed E-state index contributed by atoms with van der Waals surface area (Å²) in [6.45, 7) is 14.6. The second-order valence-electron chi connectivity index (χ2n) is 11.8. The smallest absolute Gasteiger partial charge is 0.0266 e. The Morgan fingerprint density at radius 1 is 0.963 bits per heavy atom. The van der Waals surface area contributed by atoms with Crippen molar-refractivity contribution in [1.82, 2.24) is 0 Å². The standard InChI is InChI=1S/C27H46/c1-6-19(2)10-9-12-21-13-14-23-25-20(3)18-22-11-7-8-16-26(22,4)24(25)15-17-27(21,23)5/h20-25H,2,6-18H2,1,3-5H3. The van der Waals surface area contributed by atoms with Crippen molar-refractivity contribution in [2.24, 2.45) is 46.3 Å². The molecule has 0 aromatic carbocycles. The molecule has 4 aliphatic carbocycles. The molecule has 0 saturated heterocycles. The highest BCUT2D eigenvalue weighted by molar-refractivity contribution is 5.10. The van der Waals surface area contributed by atoms with Crippen LogP contribution in [0.3, 0.4) is 0 Å². The van der Waals surface area contributed by atoms with Crippen LogP contribution < -0.4 is 0 Å². The minimum atomic E-state index is 0.654. The second kappa shape index (κ2) is 7.53. The summed E-state index contributed by atoms with van der Waals surface area (Å²) in [7, 11) is 0. The summed E-state index contributed by atoms with van der Waals surface area (Å²) in [4.78, 5) is 0. The number of allylic oxidation sites excluding steroid dienone is 1. The molecule has 154 valence electrons. The van der Waals surface area contributed by atoms with Crippen LogP contribution in [0.15, 0.2) is 12.2 Å². The molecule has 8 atom stereocenters. The zero-order valence-electron chi connectivity index (χ0n) is 18.9. The highest BCUT2D eigenvalue weighted by Crippen LogP contribution is 2.69. The first-order chi connectivity index (χ1) is 12.9. The molecule has 8 unspecified atom stereocenters. The van der Waals surface area contributed by atoms with E-state index in [-0.39, 0.29) is 0 Å². The highest BCUT2D eigenvalue weighted by Gasteiger charge is 2.60. The van der Waals surface area contributed by atoms with Gasteiger partial charge in [0.25, 0.3) is 0 Å². The molecule has 0 spiro atoms. The SMILES string of the molecule is C=C(CC)CCCC1CCC2C3C(C)CC4CCCCC4(C)C3CCC12C. The van der Waals surface area contributed by atoms with Crippen molar-refractivity contribution in [3.63, 3.8) is 0 Å². The quantitative estimate of drug-likeness (QED) is 0.426. The van der Waals surface area contributed by atoms with Crippen molar-refractivity contribution in [1.29, 1.82) is 0 Å². The molecule has 0 aromatic heterocycles. The van der Waals surface area contributed by atoms with E-state index in [0.717, 1.165) is 35.5 Å². The van der Waals surface area contributed by atoms with Crippen LogP contribution in [0.2, 0.25) is 0 Å². The van der Waals surface area contributed by atoms with E-state index >= 15 is 0 Å². The molecule has 4 aliphatic rings. The molecule has 0 heterocycles. The van der Waals surface area contributed by atoms with Gasteiger partial charge in [0, 0.05) is 0 Å². The van der Waals surface area contributed by atoms with Gasteiger partial charge in [0.1, 0.15) is 0 Å². The first kappa shape index (κ1) is 20.0. The van der Waals surface area contributed by atoms with Crippen molar-refractivity contribution in [2.45, 2.75) is 111 Å². The predicted octanol–water partition coefficient (Wildman–Crippen LogP) is 8.42. The summed E-state index contributed by atoms with van der Waals surface area (Å²) in [5.74, 6) is 6.14. The first-order valence-corrected chi connectivity index (χ1v) is 12.6. The normalized spacial score (nSPS) is 49.2. The van der Waals surface area contributed by atoms with Crippen molar-refractivity contribution in [3.05, 3.63) is 12.2 Å². The molecule has 4 rings (SSSR count). The number of rotatable bonds is 5. The minimum absolute atomic E-state index is 0.654. The minimum Gasteiger partial charge on any atom is -0.0999 e. The second-order valence-corrected chi connectivity index (χ2v) is 11.8. The summed E-state index contributed by atoms with van der Waals surface area (Å²) in [6, 6.07) is 0. The molecule has 0 radical (unpaired) electrons. The molecule has 0 heteroatoms. The van der Waals surface area contributed by atoms with Gasteiger partial charge in [0.2, 0.25) is 0 Å². The van der Waals surface area contributed by atoms with Gasteiger partial charge in [-0.25, -0.2) is 0 Å². The third-order valence-electron chi connectivity index (χ3n) is 10.7. The van der Waals surface area contributed by atoms with Gasteiger partial charge in [-0.15, -0.1) is 0 Å². The molecule has 4 saturated carbocycles. The van der Waals surface area contributed by atoms with E-state index in [9.17, 15) is 0 Å². The number of fused-ring (bicyclic) bond motifs is 5. The van der Waals surface area contributed by atoms with E-state index in [0.29, 0.717) is 10.8 Å². The van der Waals surface area contributed by atoms with Crippen molar-refractivity contribution in [3.8, 4) is 0 Å². The molecule has 4 fully saturated rings. The Balaban J connectivity index is 1.49. The summed E-state index contributed by atoms with van der Waals surface area (Å²) in [5, 5.41) is 0. The molecular formula is C27H46. The summed E-state index contributed by atoms with van der Waals surface area (Å²) >= 11 is 0. The molecule has 0 amide bonds. The van der Waals surface area contributed by atoms with Crippen LogP contribution in [0.1, 0.15) is 111 Å². The number of hydrogen-bond donors (Lipinski definition) is 0. The van der Waals surface area contributed by atoms with E-state index in [2.05, 4.69) is 34.3 Å². The predicted molar refractivity (Wildman–Crippen MR) is 118 cm³/mol. The van der Waals surface area contributed by atoms with Crippen molar-refractivity contribution < 1.29 is 0 Å². The fourth-order valence-corrected chi connectivity index (χ4v) is 9.03. The average molecular weight is 371 g/mol. The third-order valence-corrected chi connectivity index (χ3v) is 10.7. The third kappa shape index (κ3) is 3.26. The summed E-state index contributed by atoms with van der Waals surface area (Å²) in [5.41, 5.74) is 2.81. The van der Waals surface area contributed by atoms with E-state index in [4.69, 9.17) is 0 Å². The molecular weight excluding hydrogens is 324 g/mol. The van der Waals surface area contributed by atoms with Crippen molar-refractivity contribution in [2.75, 3.05) is 0 Å².